The zero-order valence-electron chi connectivity index (χ0n) is 12.4. The quantitative estimate of drug-likeness (QED) is 0.929. The van der Waals surface area contributed by atoms with Crippen LogP contribution in [0.3, 0.4) is 0 Å². The van der Waals surface area contributed by atoms with Crippen LogP contribution in [0.1, 0.15) is 37.6 Å². The molecular formula is C15H22N2O2S. The van der Waals surface area contributed by atoms with Crippen molar-refractivity contribution in [1.29, 1.82) is 0 Å². The third-order valence-corrected chi connectivity index (χ3v) is 4.49. The van der Waals surface area contributed by atoms with Crippen molar-refractivity contribution in [2.24, 2.45) is 5.41 Å². The molecule has 5 heteroatoms. The highest BCUT2D eigenvalue weighted by molar-refractivity contribution is 7.10. The maximum absolute atomic E-state index is 12.1. The number of nitrogens with zero attached hydrogens (tertiary/aromatic N) is 1. The molecule has 1 aromatic heterocycles. The largest absolute Gasteiger partial charge is 0.355 e. The molecule has 0 aliphatic carbocycles. The van der Waals surface area contributed by atoms with Gasteiger partial charge in [0.25, 0.3) is 0 Å². The average molecular weight is 294 g/mol. The lowest BCUT2D eigenvalue weighted by Crippen LogP contribution is -2.39. The van der Waals surface area contributed by atoms with Gasteiger partial charge in [0.1, 0.15) is 0 Å². The summed E-state index contributed by atoms with van der Waals surface area (Å²) >= 11 is 1.77. The fourth-order valence-corrected chi connectivity index (χ4v) is 3.06. The second kappa shape index (κ2) is 5.95. The second-order valence-corrected chi connectivity index (χ2v) is 7.19. The Hall–Kier alpha value is -1.36. The van der Waals surface area contributed by atoms with Gasteiger partial charge in [-0.1, -0.05) is 20.8 Å². The van der Waals surface area contributed by atoms with E-state index in [0.29, 0.717) is 19.5 Å². The smallest absolute Gasteiger partial charge is 0.225 e. The Morgan fingerprint density at radius 1 is 1.40 bits per heavy atom. The van der Waals surface area contributed by atoms with Crippen molar-refractivity contribution < 1.29 is 9.59 Å². The number of fused-ring (bicyclic) bond motifs is 1. The highest BCUT2D eigenvalue weighted by Gasteiger charge is 2.23. The Labute approximate surface area is 124 Å². The van der Waals surface area contributed by atoms with E-state index in [2.05, 4.69) is 16.8 Å². The number of hydrogen-bond acceptors (Lipinski definition) is 3. The molecule has 0 fully saturated rings. The van der Waals surface area contributed by atoms with E-state index in [1.54, 1.807) is 11.3 Å². The van der Waals surface area contributed by atoms with E-state index in [0.717, 1.165) is 13.0 Å². The fourth-order valence-electron chi connectivity index (χ4n) is 2.17. The molecule has 0 aromatic carbocycles. The molecule has 1 aliphatic rings. The summed E-state index contributed by atoms with van der Waals surface area (Å²) in [4.78, 5) is 27.1. The third kappa shape index (κ3) is 3.60. The Kier molecular flexibility index (Phi) is 4.48. The maximum atomic E-state index is 12.1. The first kappa shape index (κ1) is 15.0. The van der Waals surface area contributed by atoms with Crippen molar-refractivity contribution in [3.05, 3.63) is 21.9 Å². The van der Waals surface area contributed by atoms with E-state index in [9.17, 15) is 9.59 Å². The lowest BCUT2D eigenvalue weighted by Gasteiger charge is -2.27. The highest BCUT2D eigenvalue weighted by atomic mass is 32.1. The zero-order chi connectivity index (χ0) is 14.8. The predicted octanol–water partition coefficient (Wildman–Crippen LogP) is 2.19. The number of thiophene rings is 1. The minimum Gasteiger partial charge on any atom is -0.355 e. The van der Waals surface area contributed by atoms with Gasteiger partial charge in [0.15, 0.2) is 0 Å². The first-order chi connectivity index (χ1) is 9.38. The van der Waals surface area contributed by atoms with E-state index in [4.69, 9.17) is 0 Å². The fraction of sp³-hybridized carbons (Fsp3) is 0.600. The number of nitrogens with one attached hydrogen (secondary N) is 1. The molecule has 2 amide bonds. The van der Waals surface area contributed by atoms with Gasteiger partial charge in [0.05, 0.1) is 0 Å². The van der Waals surface area contributed by atoms with E-state index in [-0.39, 0.29) is 11.8 Å². The molecule has 20 heavy (non-hydrogen) atoms. The third-order valence-electron chi connectivity index (χ3n) is 3.47. The van der Waals surface area contributed by atoms with Crippen LogP contribution in [0.15, 0.2) is 11.4 Å². The van der Waals surface area contributed by atoms with Gasteiger partial charge in [0.2, 0.25) is 11.8 Å². The Morgan fingerprint density at radius 3 is 2.85 bits per heavy atom. The number of rotatable bonds is 3. The maximum Gasteiger partial charge on any atom is 0.225 e. The van der Waals surface area contributed by atoms with E-state index >= 15 is 0 Å². The summed E-state index contributed by atoms with van der Waals surface area (Å²) in [7, 11) is 0. The van der Waals surface area contributed by atoms with Crippen molar-refractivity contribution in [3.63, 3.8) is 0 Å². The van der Waals surface area contributed by atoms with Crippen molar-refractivity contribution in [2.45, 2.75) is 40.2 Å². The monoisotopic (exact) mass is 294 g/mol. The van der Waals surface area contributed by atoms with Crippen LogP contribution in [0, 0.1) is 5.41 Å². The molecule has 2 rings (SSSR count). The average Bonchev–Trinajstić information content (AvgIpc) is 2.84. The number of hydrogen-bond donors (Lipinski definition) is 1. The van der Waals surface area contributed by atoms with Crippen molar-refractivity contribution in [2.75, 3.05) is 13.1 Å². The van der Waals surface area contributed by atoms with Gasteiger partial charge in [-0.2, -0.15) is 0 Å². The topological polar surface area (TPSA) is 49.4 Å². The van der Waals surface area contributed by atoms with Gasteiger partial charge in [-0.3, -0.25) is 9.59 Å². The standard InChI is InChI=1S/C15H22N2O2S/c1-15(2,3)14(19)16-7-4-13(18)17-8-5-12-11(10-17)6-9-20-12/h6,9H,4-5,7-8,10H2,1-3H3,(H,16,19). The van der Waals surface area contributed by atoms with Crippen LogP contribution < -0.4 is 5.32 Å². The van der Waals surface area contributed by atoms with E-state index < -0.39 is 5.41 Å². The number of carbonyl (C=O) groups is 2. The molecule has 2 heterocycles. The molecule has 0 radical (unpaired) electrons. The molecule has 110 valence electrons. The van der Waals surface area contributed by atoms with E-state index in [1.165, 1.54) is 10.4 Å². The Morgan fingerprint density at radius 2 is 2.15 bits per heavy atom. The normalized spacial score (nSPS) is 14.8. The van der Waals surface area contributed by atoms with Gasteiger partial charge in [-0.25, -0.2) is 0 Å². The van der Waals surface area contributed by atoms with Crippen LogP contribution in [0.2, 0.25) is 0 Å². The molecule has 1 N–H and O–H groups in total. The Balaban J connectivity index is 1.78. The van der Waals surface area contributed by atoms with Gasteiger partial charge in [-0.15, -0.1) is 11.3 Å². The number of carbonyl (C=O) groups excluding carboxylic acids is 2. The van der Waals surface area contributed by atoms with Gasteiger partial charge in [0, 0.05) is 36.3 Å². The summed E-state index contributed by atoms with van der Waals surface area (Å²) < 4.78 is 0. The minimum absolute atomic E-state index is 0.0101. The molecule has 0 bridgehead atoms. The minimum atomic E-state index is -0.403. The zero-order valence-corrected chi connectivity index (χ0v) is 13.2. The van der Waals surface area contributed by atoms with Crippen molar-refractivity contribution in [3.8, 4) is 0 Å². The predicted molar refractivity (Wildman–Crippen MR) is 80.5 cm³/mol. The molecule has 1 aliphatic heterocycles. The lowest BCUT2D eigenvalue weighted by atomic mass is 9.96. The van der Waals surface area contributed by atoms with Crippen LogP contribution in [0.4, 0.5) is 0 Å². The lowest BCUT2D eigenvalue weighted by molar-refractivity contribution is -0.132. The molecule has 0 atom stereocenters. The van der Waals surface area contributed by atoms with E-state index in [1.807, 2.05) is 25.7 Å². The molecule has 0 saturated heterocycles. The van der Waals surface area contributed by atoms with Crippen LogP contribution in [-0.4, -0.2) is 29.8 Å². The summed E-state index contributed by atoms with van der Waals surface area (Å²) in [6.07, 6.45) is 1.33. The van der Waals surface area contributed by atoms with Gasteiger partial charge in [-0.05, 0) is 23.4 Å². The SMILES string of the molecule is CC(C)(C)C(=O)NCCC(=O)N1CCc2sccc2C1. The van der Waals surface area contributed by atoms with Crippen molar-refractivity contribution >= 4 is 23.2 Å². The molecule has 1 aromatic rings. The first-order valence-corrected chi connectivity index (χ1v) is 7.87. The van der Waals surface area contributed by atoms with Crippen molar-refractivity contribution in [1.82, 2.24) is 10.2 Å². The summed E-state index contributed by atoms with van der Waals surface area (Å²) in [5.41, 5.74) is 0.869. The molecular weight excluding hydrogens is 272 g/mol. The van der Waals surface area contributed by atoms with Crippen LogP contribution in [-0.2, 0) is 22.6 Å². The van der Waals surface area contributed by atoms with Gasteiger partial charge < -0.3 is 10.2 Å². The van der Waals surface area contributed by atoms with Crippen LogP contribution in [0.5, 0.6) is 0 Å². The molecule has 4 nitrogen and oxygen atoms in total. The number of amides is 2. The Bertz CT molecular complexity index is 502. The summed E-state index contributed by atoms with van der Waals surface area (Å²) in [6.45, 7) is 7.53. The molecule has 0 saturated carbocycles. The van der Waals surface area contributed by atoms with Crippen LogP contribution >= 0.6 is 11.3 Å². The molecule has 0 spiro atoms. The summed E-state index contributed by atoms with van der Waals surface area (Å²) in [6, 6.07) is 2.10. The highest BCUT2D eigenvalue weighted by Crippen LogP contribution is 2.24. The summed E-state index contributed by atoms with van der Waals surface area (Å²) in [5, 5.41) is 4.91. The molecule has 0 unspecified atom stereocenters. The van der Waals surface area contributed by atoms with Gasteiger partial charge >= 0.3 is 0 Å². The van der Waals surface area contributed by atoms with Crippen LogP contribution in [0.25, 0.3) is 0 Å². The summed E-state index contributed by atoms with van der Waals surface area (Å²) in [5.74, 6) is 0.111. The first-order valence-electron chi connectivity index (χ1n) is 6.99. The second-order valence-electron chi connectivity index (χ2n) is 6.19.